The second-order valence-electron chi connectivity index (χ2n) is 5.05. The molecule has 3 aromatic rings. The molecule has 0 bridgehead atoms. The number of rotatable bonds is 3. The molecular weight excluding hydrogens is 326 g/mol. The summed E-state index contributed by atoms with van der Waals surface area (Å²) in [5.41, 5.74) is 10.1. The summed E-state index contributed by atoms with van der Waals surface area (Å²) in [7, 11) is 2.04. The molecule has 0 saturated carbocycles. The molecule has 0 fully saturated rings. The van der Waals surface area contributed by atoms with Gasteiger partial charge in [0.1, 0.15) is 0 Å². The third-order valence-electron chi connectivity index (χ3n) is 3.52. The summed E-state index contributed by atoms with van der Waals surface area (Å²) in [5.74, 6) is 0. The van der Waals surface area contributed by atoms with Crippen molar-refractivity contribution in [2.45, 2.75) is 6.54 Å². The van der Waals surface area contributed by atoms with Gasteiger partial charge in [0.25, 0.3) is 0 Å². The highest BCUT2D eigenvalue weighted by atomic mass is 79.9. The van der Waals surface area contributed by atoms with Gasteiger partial charge in [-0.15, -0.1) is 0 Å². The van der Waals surface area contributed by atoms with Gasteiger partial charge in [-0.05, 0) is 29.8 Å². The summed E-state index contributed by atoms with van der Waals surface area (Å²) in [6.07, 6.45) is 1.83. The minimum atomic E-state index is 0.764. The van der Waals surface area contributed by atoms with Crippen molar-refractivity contribution in [3.8, 4) is 0 Å². The predicted molar refractivity (Wildman–Crippen MR) is 92.4 cm³/mol. The second kappa shape index (κ2) is 5.74. The lowest BCUT2D eigenvalue weighted by molar-refractivity contribution is 0.929. The predicted octanol–water partition coefficient (Wildman–Crippen LogP) is 4.22. The second-order valence-corrected chi connectivity index (χ2v) is 5.97. The first-order valence-corrected chi connectivity index (χ1v) is 7.53. The first kappa shape index (κ1) is 13.9. The summed E-state index contributed by atoms with van der Waals surface area (Å²) < 4.78 is 0.990. The Morgan fingerprint density at radius 1 is 1.14 bits per heavy atom. The van der Waals surface area contributed by atoms with Crippen molar-refractivity contribution in [1.29, 1.82) is 0 Å². The fourth-order valence-electron chi connectivity index (χ4n) is 2.51. The number of fused-ring (bicyclic) bond motifs is 1. The molecule has 2 N–H and O–H groups in total. The van der Waals surface area contributed by atoms with Crippen LogP contribution in [-0.2, 0) is 6.54 Å². The number of nitrogens with two attached hydrogens (primary N) is 1. The number of pyridine rings is 1. The van der Waals surface area contributed by atoms with Crippen molar-refractivity contribution in [2.75, 3.05) is 17.7 Å². The Bertz CT molecular complexity index is 781. The molecule has 0 aliphatic heterocycles. The molecule has 0 aliphatic carbocycles. The number of para-hydroxylation sites is 1. The van der Waals surface area contributed by atoms with Crippen LogP contribution in [0.2, 0.25) is 0 Å². The summed E-state index contributed by atoms with van der Waals surface area (Å²) in [6.45, 7) is 0.764. The molecule has 3 nitrogen and oxygen atoms in total. The number of hydrogen-bond donors (Lipinski definition) is 1. The lowest BCUT2D eigenvalue weighted by atomic mass is 10.1. The Balaban J connectivity index is 1.94. The van der Waals surface area contributed by atoms with Crippen LogP contribution >= 0.6 is 15.9 Å². The Hall–Kier alpha value is -2.07. The molecule has 0 spiro atoms. The Morgan fingerprint density at radius 2 is 1.95 bits per heavy atom. The van der Waals surface area contributed by atoms with Crippen molar-refractivity contribution in [1.82, 2.24) is 4.98 Å². The van der Waals surface area contributed by atoms with E-state index in [4.69, 9.17) is 5.73 Å². The van der Waals surface area contributed by atoms with Gasteiger partial charge < -0.3 is 10.6 Å². The zero-order valence-electron chi connectivity index (χ0n) is 11.8. The van der Waals surface area contributed by atoms with Crippen LogP contribution in [0.15, 0.2) is 59.2 Å². The molecule has 0 aliphatic rings. The van der Waals surface area contributed by atoms with Crippen LogP contribution in [0.4, 0.5) is 11.4 Å². The summed E-state index contributed by atoms with van der Waals surface area (Å²) in [5, 5.41) is 1.16. The van der Waals surface area contributed by atoms with Crippen LogP contribution in [0.5, 0.6) is 0 Å². The Kier molecular flexibility index (Phi) is 3.80. The van der Waals surface area contributed by atoms with E-state index in [9.17, 15) is 0 Å². The zero-order valence-corrected chi connectivity index (χ0v) is 13.3. The molecule has 2 aromatic carbocycles. The van der Waals surface area contributed by atoms with Crippen LogP contribution in [0, 0.1) is 0 Å². The van der Waals surface area contributed by atoms with Gasteiger partial charge in [-0.2, -0.15) is 0 Å². The average molecular weight is 342 g/mol. The van der Waals surface area contributed by atoms with Gasteiger partial charge in [0.15, 0.2) is 0 Å². The van der Waals surface area contributed by atoms with Crippen LogP contribution < -0.4 is 10.6 Å². The van der Waals surface area contributed by atoms with Crippen LogP contribution in [0.3, 0.4) is 0 Å². The number of hydrogen-bond acceptors (Lipinski definition) is 3. The maximum atomic E-state index is 6.10. The summed E-state index contributed by atoms with van der Waals surface area (Å²) >= 11 is 3.44. The van der Waals surface area contributed by atoms with E-state index < -0.39 is 0 Å². The number of halogens is 1. The number of nitrogens with zero attached hydrogens (tertiary/aromatic N) is 2. The van der Waals surface area contributed by atoms with Crippen molar-refractivity contribution in [3.63, 3.8) is 0 Å². The van der Waals surface area contributed by atoms with E-state index in [-0.39, 0.29) is 0 Å². The van der Waals surface area contributed by atoms with Gasteiger partial charge in [-0.25, -0.2) is 0 Å². The molecule has 0 atom stereocenters. The van der Waals surface area contributed by atoms with E-state index in [1.165, 1.54) is 5.56 Å². The molecule has 4 heteroatoms. The zero-order chi connectivity index (χ0) is 14.8. The van der Waals surface area contributed by atoms with Crippen LogP contribution in [-0.4, -0.2) is 12.0 Å². The SMILES string of the molecule is CN(Cc1cccc2cccnc12)c1ccc(Br)cc1N. The summed E-state index contributed by atoms with van der Waals surface area (Å²) in [4.78, 5) is 6.64. The third kappa shape index (κ3) is 2.85. The summed E-state index contributed by atoms with van der Waals surface area (Å²) in [6, 6.07) is 16.3. The van der Waals surface area contributed by atoms with Gasteiger partial charge in [-0.1, -0.05) is 40.2 Å². The van der Waals surface area contributed by atoms with E-state index in [2.05, 4.69) is 50.1 Å². The number of benzene rings is 2. The van der Waals surface area contributed by atoms with E-state index in [0.717, 1.165) is 33.3 Å². The Morgan fingerprint density at radius 3 is 2.76 bits per heavy atom. The topological polar surface area (TPSA) is 42.2 Å². The van der Waals surface area contributed by atoms with Gasteiger partial charge in [0, 0.05) is 29.6 Å². The highest BCUT2D eigenvalue weighted by molar-refractivity contribution is 9.10. The van der Waals surface area contributed by atoms with Gasteiger partial charge in [0.05, 0.1) is 16.9 Å². The molecule has 106 valence electrons. The number of aromatic nitrogens is 1. The monoisotopic (exact) mass is 341 g/mol. The highest BCUT2D eigenvalue weighted by Crippen LogP contribution is 2.28. The van der Waals surface area contributed by atoms with Gasteiger partial charge >= 0.3 is 0 Å². The van der Waals surface area contributed by atoms with Crippen molar-refractivity contribution >= 4 is 38.2 Å². The Labute approximate surface area is 132 Å². The van der Waals surface area contributed by atoms with E-state index in [1.807, 2.05) is 37.5 Å². The van der Waals surface area contributed by atoms with E-state index in [1.54, 1.807) is 0 Å². The molecule has 1 aromatic heterocycles. The van der Waals surface area contributed by atoms with E-state index >= 15 is 0 Å². The highest BCUT2D eigenvalue weighted by Gasteiger charge is 2.09. The lowest BCUT2D eigenvalue weighted by Gasteiger charge is -2.22. The fraction of sp³-hybridized carbons (Fsp3) is 0.118. The van der Waals surface area contributed by atoms with Crippen molar-refractivity contribution in [2.24, 2.45) is 0 Å². The molecule has 1 heterocycles. The van der Waals surface area contributed by atoms with Crippen LogP contribution in [0.1, 0.15) is 5.56 Å². The minimum absolute atomic E-state index is 0.764. The normalized spacial score (nSPS) is 10.8. The number of nitrogen functional groups attached to an aromatic ring is 1. The molecule has 0 radical (unpaired) electrons. The molecule has 21 heavy (non-hydrogen) atoms. The molecule has 0 saturated heterocycles. The fourth-order valence-corrected chi connectivity index (χ4v) is 2.89. The standard InChI is InChI=1S/C17H16BrN3/c1-21(16-8-7-14(18)10-15(16)19)11-13-5-2-4-12-6-3-9-20-17(12)13/h2-10H,11,19H2,1H3. The van der Waals surface area contributed by atoms with Crippen LogP contribution in [0.25, 0.3) is 10.9 Å². The van der Waals surface area contributed by atoms with Crippen molar-refractivity contribution in [3.05, 3.63) is 64.8 Å². The molecular formula is C17H16BrN3. The maximum absolute atomic E-state index is 6.10. The quantitative estimate of drug-likeness (QED) is 0.725. The van der Waals surface area contributed by atoms with Gasteiger partial charge in [-0.3, -0.25) is 4.98 Å². The largest absolute Gasteiger partial charge is 0.397 e. The smallest absolute Gasteiger partial charge is 0.0751 e. The first-order valence-electron chi connectivity index (χ1n) is 6.74. The first-order chi connectivity index (χ1) is 10.1. The minimum Gasteiger partial charge on any atom is -0.397 e. The third-order valence-corrected chi connectivity index (χ3v) is 4.02. The lowest BCUT2D eigenvalue weighted by Crippen LogP contribution is -2.18. The molecule has 0 amide bonds. The van der Waals surface area contributed by atoms with Gasteiger partial charge in [0.2, 0.25) is 0 Å². The molecule has 0 unspecified atom stereocenters. The number of anilines is 2. The van der Waals surface area contributed by atoms with E-state index in [0.29, 0.717) is 0 Å². The maximum Gasteiger partial charge on any atom is 0.0751 e. The average Bonchev–Trinajstić information content (AvgIpc) is 2.47. The van der Waals surface area contributed by atoms with Crippen molar-refractivity contribution < 1.29 is 0 Å². The molecule has 3 rings (SSSR count).